The second kappa shape index (κ2) is 8.13. The molecule has 1 unspecified atom stereocenters. The topological polar surface area (TPSA) is 92.5 Å². The van der Waals surface area contributed by atoms with E-state index in [1.807, 2.05) is 6.92 Å². The van der Waals surface area contributed by atoms with Crippen LogP contribution in [-0.2, 0) is 10.0 Å². The summed E-state index contributed by atoms with van der Waals surface area (Å²) in [5, 5.41) is 0. The van der Waals surface area contributed by atoms with Gasteiger partial charge in [0.15, 0.2) is 0 Å². The Kier molecular flexibility index (Phi) is 7.00. The lowest BCUT2D eigenvalue weighted by molar-refractivity contribution is 0.0681. The normalized spacial score (nSPS) is 17.1. The minimum absolute atomic E-state index is 0. The third kappa shape index (κ3) is 5.32. The molecule has 0 aliphatic carbocycles. The van der Waals surface area contributed by atoms with Crippen LogP contribution in [0.3, 0.4) is 0 Å². The van der Waals surface area contributed by atoms with Crippen LogP contribution in [0.4, 0.5) is 10.1 Å². The van der Waals surface area contributed by atoms with Gasteiger partial charge in [0.05, 0.1) is 17.5 Å². The Morgan fingerprint density at radius 2 is 1.96 bits per heavy atom. The first-order chi connectivity index (χ1) is 10.7. The minimum Gasteiger partial charge on any atom is -0.339 e. The molecule has 1 aliphatic rings. The predicted octanol–water partition coefficient (Wildman–Crippen LogP) is 1.82. The van der Waals surface area contributed by atoms with Gasteiger partial charge < -0.3 is 10.6 Å². The van der Waals surface area contributed by atoms with Crippen LogP contribution >= 0.6 is 12.4 Å². The van der Waals surface area contributed by atoms with Gasteiger partial charge in [-0.25, -0.2) is 12.8 Å². The first-order valence-corrected chi connectivity index (χ1v) is 9.38. The molecular formula is C15H23ClFN3O3S. The molecule has 1 aliphatic heterocycles. The van der Waals surface area contributed by atoms with Gasteiger partial charge in [-0.15, -0.1) is 12.4 Å². The highest BCUT2D eigenvalue weighted by Crippen LogP contribution is 2.24. The fourth-order valence-corrected chi connectivity index (χ4v) is 3.36. The molecule has 0 spiro atoms. The fraction of sp³-hybridized carbons (Fsp3) is 0.533. The number of nitrogens with two attached hydrogens (primary N) is 1. The Morgan fingerprint density at radius 1 is 1.38 bits per heavy atom. The number of benzene rings is 1. The van der Waals surface area contributed by atoms with Crippen LogP contribution in [-0.4, -0.2) is 44.6 Å². The maximum Gasteiger partial charge on any atom is 0.256 e. The molecule has 9 heteroatoms. The molecule has 1 aromatic carbocycles. The summed E-state index contributed by atoms with van der Waals surface area (Å²) in [7, 11) is -3.56. The fourth-order valence-electron chi connectivity index (χ4n) is 2.78. The van der Waals surface area contributed by atoms with E-state index >= 15 is 0 Å². The van der Waals surface area contributed by atoms with Crippen LogP contribution in [0.2, 0.25) is 0 Å². The molecule has 1 amide bonds. The monoisotopic (exact) mass is 379 g/mol. The molecule has 0 bridgehead atoms. The van der Waals surface area contributed by atoms with Gasteiger partial charge in [-0.1, -0.05) is 0 Å². The number of halogens is 2. The highest BCUT2D eigenvalue weighted by atomic mass is 35.5. The van der Waals surface area contributed by atoms with Crippen molar-refractivity contribution in [2.45, 2.75) is 25.8 Å². The summed E-state index contributed by atoms with van der Waals surface area (Å²) in [6.45, 7) is 3.00. The number of hydrogen-bond acceptors (Lipinski definition) is 4. The Labute approximate surface area is 148 Å². The Balaban J connectivity index is 0.00000288. The smallest absolute Gasteiger partial charge is 0.256 e. The minimum atomic E-state index is -3.56. The zero-order chi connectivity index (χ0) is 17.2. The van der Waals surface area contributed by atoms with Crippen LogP contribution in [0.25, 0.3) is 0 Å². The first kappa shape index (κ1) is 20.7. The van der Waals surface area contributed by atoms with E-state index in [4.69, 9.17) is 5.73 Å². The molecular weight excluding hydrogens is 357 g/mol. The van der Waals surface area contributed by atoms with Gasteiger partial charge >= 0.3 is 0 Å². The molecule has 0 radical (unpaired) electrons. The molecule has 3 N–H and O–H groups in total. The molecule has 1 fully saturated rings. The van der Waals surface area contributed by atoms with Crippen molar-refractivity contribution in [1.82, 2.24) is 4.90 Å². The van der Waals surface area contributed by atoms with Crippen molar-refractivity contribution in [3.05, 3.63) is 29.6 Å². The van der Waals surface area contributed by atoms with Crippen LogP contribution in [0.15, 0.2) is 18.2 Å². The van der Waals surface area contributed by atoms with Crippen molar-refractivity contribution in [1.29, 1.82) is 0 Å². The van der Waals surface area contributed by atoms with E-state index in [-0.39, 0.29) is 35.6 Å². The summed E-state index contributed by atoms with van der Waals surface area (Å²) in [4.78, 5) is 14.2. The molecule has 0 aromatic heterocycles. The molecule has 0 saturated carbocycles. The van der Waals surface area contributed by atoms with E-state index in [0.29, 0.717) is 19.0 Å². The van der Waals surface area contributed by atoms with Crippen molar-refractivity contribution in [2.75, 3.05) is 24.1 Å². The van der Waals surface area contributed by atoms with Crippen LogP contribution < -0.4 is 10.5 Å². The quantitative estimate of drug-likeness (QED) is 0.834. The molecule has 24 heavy (non-hydrogen) atoms. The number of carbonyl (C=O) groups excluding carboxylic acids is 1. The van der Waals surface area contributed by atoms with E-state index in [1.54, 1.807) is 4.90 Å². The van der Waals surface area contributed by atoms with Gasteiger partial charge in [-0.2, -0.15) is 0 Å². The molecule has 1 heterocycles. The van der Waals surface area contributed by atoms with Gasteiger partial charge in [-0.3, -0.25) is 9.52 Å². The summed E-state index contributed by atoms with van der Waals surface area (Å²) < 4.78 is 38.6. The summed E-state index contributed by atoms with van der Waals surface area (Å²) >= 11 is 0. The predicted molar refractivity (Wildman–Crippen MR) is 94.4 cm³/mol. The van der Waals surface area contributed by atoms with Crippen LogP contribution in [0.5, 0.6) is 0 Å². The van der Waals surface area contributed by atoms with Gasteiger partial charge in [0.1, 0.15) is 5.82 Å². The second-order valence-electron chi connectivity index (χ2n) is 6.05. The number of nitrogens with one attached hydrogen (secondary N) is 1. The maximum absolute atomic E-state index is 13.5. The molecule has 1 saturated heterocycles. The van der Waals surface area contributed by atoms with Crippen LogP contribution in [0, 0.1) is 11.7 Å². The molecule has 2 rings (SSSR count). The summed E-state index contributed by atoms with van der Waals surface area (Å²) in [5.41, 5.74) is 6.00. The maximum atomic E-state index is 13.5. The van der Waals surface area contributed by atoms with E-state index in [1.165, 1.54) is 6.07 Å². The number of carbonyl (C=O) groups is 1. The number of nitrogens with zero attached hydrogens (tertiary/aromatic N) is 1. The van der Waals surface area contributed by atoms with Crippen molar-refractivity contribution in [2.24, 2.45) is 11.7 Å². The first-order valence-electron chi connectivity index (χ1n) is 7.49. The Hall–Kier alpha value is -1.38. The summed E-state index contributed by atoms with van der Waals surface area (Å²) in [6.07, 6.45) is 2.56. The SMILES string of the molecule is CC(N)C1CCN(C(=O)c2cc(F)ccc2NS(C)(=O)=O)CC1.Cl. The van der Waals surface area contributed by atoms with Gasteiger partial charge in [0, 0.05) is 19.1 Å². The molecule has 6 nitrogen and oxygen atoms in total. The second-order valence-corrected chi connectivity index (χ2v) is 7.80. The van der Waals surface area contributed by atoms with Crippen molar-refractivity contribution >= 4 is 34.0 Å². The van der Waals surface area contributed by atoms with Gasteiger partial charge in [-0.05, 0) is 43.9 Å². The highest BCUT2D eigenvalue weighted by Gasteiger charge is 2.27. The largest absolute Gasteiger partial charge is 0.339 e. The van der Waals surface area contributed by atoms with E-state index in [2.05, 4.69) is 4.72 Å². The third-order valence-electron chi connectivity index (χ3n) is 4.08. The van der Waals surface area contributed by atoms with Gasteiger partial charge in [0.2, 0.25) is 10.0 Å². The van der Waals surface area contributed by atoms with Crippen molar-refractivity contribution < 1.29 is 17.6 Å². The summed E-state index contributed by atoms with van der Waals surface area (Å²) in [5.74, 6) is -0.600. The average Bonchev–Trinajstić information content (AvgIpc) is 2.47. The van der Waals surface area contributed by atoms with Gasteiger partial charge in [0.25, 0.3) is 5.91 Å². The van der Waals surface area contributed by atoms with Crippen molar-refractivity contribution in [3.63, 3.8) is 0 Å². The number of hydrogen-bond donors (Lipinski definition) is 2. The number of piperidine rings is 1. The van der Waals surface area contributed by atoms with Crippen molar-refractivity contribution in [3.8, 4) is 0 Å². The number of sulfonamides is 1. The Morgan fingerprint density at radius 3 is 2.46 bits per heavy atom. The number of likely N-dealkylation sites (tertiary alicyclic amines) is 1. The molecule has 1 aromatic rings. The third-order valence-corrected chi connectivity index (χ3v) is 4.67. The van der Waals surface area contributed by atoms with Crippen LogP contribution in [0.1, 0.15) is 30.1 Å². The zero-order valence-electron chi connectivity index (χ0n) is 13.7. The zero-order valence-corrected chi connectivity index (χ0v) is 15.3. The number of anilines is 1. The highest BCUT2D eigenvalue weighted by molar-refractivity contribution is 7.92. The van der Waals surface area contributed by atoms with E-state index in [0.717, 1.165) is 31.2 Å². The van der Waals surface area contributed by atoms with E-state index < -0.39 is 15.8 Å². The average molecular weight is 380 g/mol. The molecule has 1 atom stereocenters. The van der Waals surface area contributed by atoms with E-state index in [9.17, 15) is 17.6 Å². The standard InChI is InChI=1S/C15H22FN3O3S.ClH/c1-10(17)11-5-7-19(8-6-11)15(20)13-9-12(16)3-4-14(13)18-23(2,21)22;/h3-4,9-11,18H,5-8,17H2,1-2H3;1H. The lowest BCUT2D eigenvalue weighted by Gasteiger charge is -2.34. The number of amides is 1. The molecule has 136 valence electrons. The lowest BCUT2D eigenvalue weighted by Crippen LogP contribution is -2.42. The summed E-state index contributed by atoms with van der Waals surface area (Å²) in [6, 6.07) is 3.52. The lowest BCUT2D eigenvalue weighted by atomic mass is 9.90. The number of rotatable bonds is 4. The Bertz CT molecular complexity index is 689.